The van der Waals surface area contributed by atoms with E-state index in [2.05, 4.69) is 42.6 Å². The Hall–Kier alpha value is -3.50. The highest BCUT2D eigenvalue weighted by molar-refractivity contribution is 7.10. The van der Waals surface area contributed by atoms with E-state index in [1.807, 2.05) is 23.6 Å². The second-order valence-corrected chi connectivity index (χ2v) is 10.4. The Morgan fingerprint density at radius 2 is 2.14 bits per heavy atom. The number of aromatic nitrogens is 4. The number of aromatic amines is 2. The van der Waals surface area contributed by atoms with Crippen LogP contribution in [0, 0.1) is 0 Å². The summed E-state index contributed by atoms with van der Waals surface area (Å²) in [5.74, 6) is 1.67. The van der Waals surface area contributed by atoms with Crippen LogP contribution in [0.15, 0.2) is 42.0 Å². The number of benzene rings is 1. The van der Waals surface area contributed by atoms with Gasteiger partial charge in [-0.3, -0.25) is 15.0 Å². The summed E-state index contributed by atoms with van der Waals surface area (Å²) in [6.45, 7) is 0.828. The number of hydrogen-bond donors (Lipinski definition) is 4. The summed E-state index contributed by atoms with van der Waals surface area (Å²) in [7, 11) is 0. The molecule has 0 bridgehead atoms. The monoisotopic (exact) mass is 489 g/mol. The van der Waals surface area contributed by atoms with E-state index in [1.165, 1.54) is 5.56 Å². The minimum absolute atomic E-state index is 0.00303. The summed E-state index contributed by atoms with van der Waals surface area (Å²) < 4.78 is 0. The summed E-state index contributed by atoms with van der Waals surface area (Å²) in [5, 5.41) is 8.61. The van der Waals surface area contributed by atoms with E-state index >= 15 is 0 Å². The fourth-order valence-corrected chi connectivity index (χ4v) is 5.77. The van der Waals surface area contributed by atoms with Crippen LogP contribution in [0.25, 0.3) is 11.2 Å². The summed E-state index contributed by atoms with van der Waals surface area (Å²) in [6.07, 6.45) is 7.10. The first-order valence-corrected chi connectivity index (χ1v) is 13.0. The number of carbonyl (C=O) groups excluding carboxylic acids is 1. The summed E-state index contributed by atoms with van der Waals surface area (Å²) in [5.41, 5.74) is 10.8. The van der Waals surface area contributed by atoms with Gasteiger partial charge in [-0.15, -0.1) is 11.3 Å². The van der Waals surface area contributed by atoms with Gasteiger partial charge in [0.2, 0.25) is 17.4 Å². The van der Waals surface area contributed by atoms with Crippen LogP contribution < -0.4 is 26.3 Å². The molecule has 4 aromatic rings. The highest BCUT2D eigenvalue weighted by Crippen LogP contribution is 2.36. The smallest absolute Gasteiger partial charge is 0.337 e. The van der Waals surface area contributed by atoms with Crippen molar-refractivity contribution in [3.63, 3.8) is 0 Å². The Morgan fingerprint density at radius 3 is 2.97 bits per heavy atom. The molecule has 2 aliphatic rings. The van der Waals surface area contributed by atoms with Crippen LogP contribution in [0.5, 0.6) is 0 Å². The number of thiophene rings is 1. The number of rotatable bonds is 6. The Balaban J connectivity index is 1.23. The van der Waals surface area contributed by atoms with E-state index < -0.39 is 0 Å². The predicted octanol–water partition coefficient (Wildman–Crippen LogP) is 3.39. The van der Waals surface area contributed by atoms with Crippen molar-refractivity contribution >= 4 is 51.5 Å². The maximum absolute atomic E-state index is 12.4. The summed E-state index contributed by atoms with van der Waals surface area (Å²) >= 11 is 1.60. The van der Waals surface area contributed by atoms with E-state index in [-0.39, 0.29) is 5.91 Å². The molecule has 6 rings (SSSR count). The van der Waals surface area contributed by atoms with Gasteiger partial charge in [0, 0.05) is 23.0 Å². The van der Waals surface area contributed by atoms with E-state index in [9.17, 15) is 4.79 Å². The van der Waals surface area contributed by atoms with E-state index in [1.54, 1.807) is 17.7 Å². The number of amides is 1. The normalized spacial score (nSPS) is 19.6. The van der Waals surface area contributed by atoms with E-state index in [0.717, 1.165) is 72.2 Å². The van der Waals surface area contributed by atoms with Gasteiger partial charge in [-0.2, -0.15) is 0 Å². The molecule has 6 N–H and O–H groups in total. The lowest BCUT2D eigenvalue weighted by Crippen LogP contribution is -2.35. The largest absolute Gasteiger partial charge is 0.347 e. The van der Waals surface area contributed by atoms with Gasteiger partial charge in [0.25, 0.3) is 0 Å². The maximum atomic E-state index is 12.4. The number of H-pyrrole nitrogens is 2. The lowest BCUT2D eigenvalue weighted by atomic mass is 9.92. The highest BCUT2D eigenvalue weighted by Gasteiger charge is 2.30. The maximum Gasteiger partial charge on any atom is 0.347 e. The molecule has 0 atom stereocenters. The van der Waals surface area contributed by atoms with Crippen LogP contribution in [0.3, 0.4) is 0 Å². The predicted molar refractivity (Wildman–Crippen MR) is 138 cm³/mol. The lowest BCUT2D eigenvalue weighted by Gasteiger charge is -2.25. The van der Waals surface area contributed by atoms with Crippen molar-refractivity contribution in [2.75, 3.05) is 22.1 Å². The molecular formula is C25H29N8OS+. The van der Waals surface area contributed by atoms with Gasteiger partial charge in [0.1, 0.15) is 0 Å². The van der Waals surface area contributed by atoms with Crippen molar-refractivity contribution < 1.29 is 9.78 Å². The van der Waals surface area contributed by atoms with Gasteiger partial charge >= 0.3 is 5.95 Å². The molecule has 3 aromatic heterocycles. The minimum Gasteiger partial charge on any atom is -0.337 e. The Bertz CT molecular complexity index is 1340. The molecule has 0 radical (unpaired) electrons. The average molecular weight is 490 g/mol. The van der Waals surface area contributed by atoms with Crippen LogP contribution in [-0.4, -0.2) is 39.5 Å². The van der Waals surface area contributed by atoms with Gasteiger partial charge in [-0.25, -0.2) is 9.97 Å². The highest BCUT2D eigenvalue weighted by atomic mass is 32.1. The SMILES string of the molecule is NC1CCC(Nc2nc3nc[nH]c3c(N3CCc4cc(NC(=O)Cc5cccs5)ccc43)[nH+]2)CC1. The summed E-state index contributed by atoms with van der Waals surface area (Å²) in [4.78, 5) is 31.7. The molecule has 180 valence electrons. The lowest BCUT2D eigenvalue weighted by molar-refractivity contribution is -0.348. The molecule has 9 nitrogen and oxygen atoms in total. The molecule has 1 amide bonds. The number of carbonyl (C=O) groups is 1. The van der Waals surface area contributed by atoms with Crippen LogP contribution in [0.4, 0.5) is 23.1 Å². The topological polar surface area (TPSA) is 126 Å². The Morgan fingerprint density at radius 1 is 1.26 bits per heavy atom. The molecule has 1 fully saturated rings. The van der Waals surface area contributed by atoms with Gasteiger partial charge in [-0.1, -0.05) is 11.1 Å². The van der Waals surface area contributed by atoms with Crippen molar-refractivity contribution in [2.45, 2.75) is 50.6 Å². The molecule has 1 aliphatic heterocycles. The van der Waals surface area contributed by atoms with Crippen molar-refractivity contribution in [3.05, 3.63) is 52.5 Å². The fraction of sp³-hybridized carbons (Fsp3) is 0.360. The zero-order valence-electron chi connectivity index (χ0n) is 19.4. The zero-order valence-corrected chi connectivity index (χ0v) is 20.2. The number of anilines is 4. The Labute approximate surface area is 207 Å². The third kappa shape index (κ3) is 4.59. The standard InChI is InChI=1S/C25H28N8OS/c26-16-3-5-17(6-4-16)30-25-31-23-22(27-14-28-23)24(32-25)33-10-9-15-12-18(7-8-20(15)33)29-21(34)13-19-2-1-11-35-19/h1-2,7-8,11-12,14,16-17H,3-6,9-10,13,26H2,(H,29,34)(H2,27,28,30,31,32)/p+1. The molecule has 1 saturated carbocycles. The number of nitrogens with one attached hydrogen (secondary N) is 4. The van der Waals surface area contributed by atoms with Crippen LogP contribution in [0.1, 0.15) is 36.1 Å². The minimum atomic E-state index is 0.00303. The quantitative estimate of drug-likeness (QED) is 0.329. The van der Waals surface area contributed by atoms with Crippen molar-refractivity contribution in [1.82, 2.24) is 15.0 Å². The van der Waals surface area contributed by atoms with Crippen LogP contribution in [0.2, 0.25) is 0 Å². The molecule has 0 unspecified atom stereocenters. The molecule has 1 aromatic carbocycles. The third-order valence-corrected chi connectivity index (χ3v) is 7.74. The fourth-order valence-electron chi connectivity index (χ4n) is 5.07. The number of imidazole rings is 1. The molecular weight excluding hydrogens is 460 g/mol. The van der Waals surface area contributed by atoms with Crippen molar-refractivity contribution in [2.24, 2.45) is 5.73 Å². The zero-order chi connectivity index (χ0) is 23.8. The third-order valence-electron chi connectivity index (χ3n) is 6.87. The molecule has 35 heavy (non-hydrogen) atoms. The van der Waals surface area contributed by atoms with E-state index in [0.29, 0.717) is 24.2 Å². The first kappa shape index (κ1) is 22.0. The Kier molecular flexibility index (Phi) is 5.83. The molecule has 1 aliphatic carbocycles. The second kappa shape index (κ2) is 9.27. The van der Waals surface area contributed by atoms with Crippen molar-refractivity contribution in [1.29, 1.82) is 0 Å². The molecule has 10 heteroatoms. The van der Waals surface area contributed by atoms with Gasteiger partial charge in [-0.05, 0) is 60.9 Å². The number of hydrogen-bond acceptors (Lipinski definition) is 7. The molecule has 4 heterocycles. The van der Waals surface area contributed by atoms with Crippen LogP contribution >= 0.6 is 11.3 Å². The number of nitrogens with zero attached hydrogens (tertiary/aromatic N) is 3. The van der Waals surface area contributed by atoms with E-state index in [4.69, 9.17) is 10.7 Å². The van der Waals surface area contributed by atoms with Gasteiger partial charge < -0.3 is 16.0 Å². The van der Waals surface area contributed by atoms with Crippen molar-refractivity contribution in [3.8, 4) is 0 Å². The average Bonchev–Trinajstić information content (AvgIpc) is 3.61. The number of fused-ring (bicyclic) bond motifs is 2. The molecule has 0 spiro atoms. The number of nitrogens with two attached hydrogens (primary N) is 1. The second-order valence-electron chi connectivity index (χ2n) is 9.34. The van der Waals surface area contributed by atoms with Gasteiger partial charge in [0.05, 0.1) is 31.0 Å². The van der Waals surface area contributed by atoms with Gasteiger partial charge in [0.15, 0.2) is 5.52 Å². The molecule has 0 saturated heterocycles. The summed E-state index contributed by atoms with van der Waals surface area (Å²) in [6, 6.07) is 10.7. The first-order valence-electron chi connectivity index (χ1n) is 12.1. The first-order chi connectivity index (χ1) is 17.1. The van der Waals surface area contributed by atoms with Crippen LogP contribution in [-0.2, 0) is 17.6 Å².